The van der Waals surface area contributed by atoms with E-state index < -0.39 is 21.7 Å². The molecule has 10 heteroatoms. The predicted molar refractivity (Wildman–Crippen MR) is 102 cm³/mol. The molecule has 0 saturated carbocycles. The molecule has 0 aromatic heterocycles. The molecule has 1 amide bonds. The summed E-state index contributed by atoms with van der Waals surface area (Å²) < 4.78 is 52.0. The average molecular weight is 429 g/mol. The third-order valence-corrected chi connectivity index (χ3v) is 5.91. The van der Waals surface area contributed by atoms with E-state index in [0.29, 0.717) is 19.6 Å². The number of anilines is 1. The number of hydrogen-bond acceptors (Lipinski definition) is 5. The molecule has 7 nitrogen and oxygen atoms in total. The maximum Gasteiger partial charge on any atom is 0.259 e. The second-order valence-electron chi connectivity index (χ2n) is 6.12. The Balaban J connectivity index is 1.88. The molecule has 3 rings (SSSR count). The molecule has 28 heavy (non-hydrogen) atoms. The fourth-order valence-electron chi connectivity index (χ4n) is 2.73. The van der Waals surface area contributed by atoms with Crippen LogP contribution in [-0.4, -0.2) is 40.7 Å². The first-order valence-corrected chi connectivity index (χ1v) is 10.2. The lowest BCUT2D eigenvalue weighted by Gasteiger charge is -2.14. The van der Waals surface area contributed by atoms with Crippen molar-refractivity contribution in [2.75, 3.05) is 25.6 Å². The van der Waals surface area contributed by atoms with Crippen molar-refractivity contribution in [3.05, 3.63) is 52.8 Å². The minimum absolute atomic E-state index is 0.0533. The van der Waals surface area contributed by atoms with Gasteiger partial charge in [-0.3, -0.25) is 4.79 Å². The molecule has 0 spiro atoms. The van der Waals surface area contributed by atoms with Crippen LogP contribution in [0, 0.1) is 5.82 Å². The third kappa shape index (κ3) is 4.61. The number of methoxy groups -OCH3 is 1. The second kappa shape index (κ2) is 8.44. The zero-order valence-corrected chi connectivity index (χ0v) is 16.4. The maximum atomic E-state index is 14.0. The van der Waals surface area contributed by atoms with Gasteiger partial charge in [0.15, 0.2) is 0 Å². The average Bonchev–Trinajstić information content (AvgIpc) is 3.15. The first kappa shape index (κ1) is 20.5. The number of halogens is 2. The fraction of sp³-hybridized carbons (Fsp3) is 0.278. The van der Waals surface area contributed by atoms with E-state index >= 15 is 0 Å². The normalized spacial score (nSPS) is 16.8. The molecule has 1 saturated heterocycles. The van der Waals surface area contributed by atoms with Crippen LogP contribution in [0.15, 0.2) is 41.3 Å². The molecule has 2 N–H and O–H groups in total. The van der Waals surface area contributed by atoms with Gasteiger partial charge in [-0.25, -0.2) is 17.5 Å². The molecule has 1 atom stereocenters. The molecule has 0 unspecified atom stereocenters. The van der Waals surface area contributed by atoms with E-state index in [4.69, 9.17) is 21.1 Å². The van der Waals surface area contributed by atoms with E-state index in [9.17, 15) is 17.6 Å². The van der Waals surface area contributed by atoms with Gasteiger partial charge in [0.2, 0.25) is 10.0 Å². The number of sulfonamides is 1. The molecule has 150 valence electrons. The van der Waals surface area contributed by atoms with Gasteiger partial charge in [0.05, 0.1) is 29.9 Å². The monoisotopic (exact) mass is 428 g/mol. The first-order valence-electron chi connectivity index (χ1n) is 8.34. The highest BCUT2D eigenvalue weighted by Gasteiger charge is 2.25. The largest absolute Gasteiger partial charge is 0.496 e. The Morgan fingerprint density at radius 2 is 2.07 bits per heavy atom. The van der Waals surface area contributed by atoms with Crippen molar-refractivity contribution < 1.29 is 27.1 Å². The van der Waals surface area contributed by atoms with Crippen molar-refractivity contribution in [1.82, 2.24) is 4.72 Å². The number of hydrogen-bond donors (Lipinski definition) is 2. The third-order valence-electron chi connectivity index (χ3n) is 4.16. The van der Waals surface area contributed by atoms with Gasteiger partial charge in [-0.2, -0.15) is 0 Å². The summed E-state index contributed by atoms with van der Waals surface area (Å²) in [5, 5.41) is 2.58. The number of amides is 1. The van der Waals surface area contributed by atoms with Gasteiger partial charge < -0.3 is 14.8 Å². The molecule has 1 heterocycles. The molecular weight excluding hydrogens is 411 g/mol. The van der Waals surface area contributed by atoms with Gasteiger partial charge >= 0.3 is 0 Å². The summed E-state index contributed by atoms with van der Waals surface area (Å²) in [6.07, 6.45) is 0.568. The summed E-state index contributed by atoms with van der Waals surface area (Å²) in [5.41, 5.74) is -0.145. The smallest absolute Gasteiger partial charge is 0.259 e. The highest BCUT2D eigenvalue weighted by atomic mass is 35.5. The maximum absolute atomic E-state index is 14.0. The summed E-state index contributed by atoms with van der Waals surface area (Å²) in [7, 11) is -2.52. The van der Waals surface area contributed by atoms with Crippen molar-refractivity contribution in [2.24, 2.45) is 0 Å². The Bertz CT molecular complexity index is 993. The second-order valence-corrected chi connectivity index (χ2v) is 8.27. The highest BCUT2D eigenvalue weighted by Crippen LogP contribution is 2.25. The summed E-state index contributed by atoms with van der Waals surface area (Å²) >= 11 is 5.70. The van der Waals surface area contributed by atoms with Crippen LogP contribution in [-0.2, 0) is 14.8 Å². The molecule has 0 radical (unpaired) electrons. The number of carbonyl (C=O) groups is 1. The Labute approximate surface area is 166 Å². The fourth-order valence-corrected chi connectivity index (χ4v) is 4.17. The topological polar surface area (TPSA) is 93.7 Å². The highest BCUT2D eigenvalue weighted by molar-refractivity contribution is 7.89. The summed E-state index contributed by atoms with van der Waals surface area (Å²) in [6.45, 7) is 0.773. The standard InChI is InChI=1S/C18H18ClFN2O5S/c1-26-17-5-3-13(28(24,25)22-12-6-7-27-10-12)9-14(17)18(23)21-16-4-2-11(19)8-15(16)20/h2-5,8-9,12,22H,6-7,10H2,1H3,(H,21,23)/t12-/m0/s1. The quantitative estimate of drug-likeness (QED) is 0.737. The molecule has 0 aliphatic carbocycles. The number of ether oxygens (including phenoxy) is 2. The summed E-state index contributed by atoms with van der Waals surface area (Å²) in [6, 6.07) is 7.34. The molecular formula is C18H18ClFN2O5S. The summed E-state index contributed by atoms with van der Waals surface area (Å²) in [5.74, 6) is -1.29. The van der Waals surface area contributed by atoms with Crippen molar-refractivity contribution in [3.63, 3.8) is 0 Å². The van der Waals surface area contributed by atoms with E-state index in [1.807, 2.05) is 0 Å². The minimum atomic E-state index is -3.87. The first-order chi connectivity index (χ1) is 13.3. The minimum Gasteiger partial charge on any atom is -0.496 e. The summed E-state index contributed by atoms with van der Waals surface area (Å²) in [4.78, 5) is 12.5. The number of rotatable bonds is 6. The Hall–Kier alpha value is -2.20. The van der Waals surface area contributed by atoms with Crippen molar-refractivity contribution in [2.45, 2.75) is 17.4 Å². The van der Waals surface area contributed by atoms with E-state index in [2.05, 4.69) is 10.0 Å². The van der Waals surface area contributed by atoms with Crippen LogP contribution in [0.4, 0.5) is 10.1 Å². The van der Waals surface area contributed by atoms with Gasteiger partial charge in [0.1, 0.15) is 11.6 Å². The lowest BCUT2D eigenvalue weighted by atomic mass is 10.1. The van der Waals surface area contributed by atoms with E-state index in [-0.39, 0.29) is 33.0 Å². The van der Waals surface area contributed by atoms with E-state index in [0.717, 1.165) is 6.07 Å². The van der Waals surface area contributed by atoms with Crippen molar-refractivity contribution in [1.29, 1.82) is 0 Å². The van der Waals surface area contributed by atoms with Crippen LogP contribution >= 0.6 is 11.6 Å². The van der Waals surface area contributed by atoms with Crippen LogP contribution in [0.3, 0.4) is 0 Å². The van der Waals surface area contributed by atoms with Gasteiger partial charge in [-0.15, -0.1) is 0 Å². The van der Waals surface area contributed by atoms with Gasteiger partial charge in [-0.05, 0) is 42.8 Å². The number of nitrogens with one attached hydrogen (secondary N) is 2. The van der Waals surface area contributed by atoms with Gasteiger partial charge in [0.25, 0.3) is 5.91 Å². The number of benzene rings is 2. The van der Waals surface area contributed by atoms with Crippen LogP contribution < -0.4 is 14.8 Å². The van der Waals surface area contributed by atoms with Crippen molar-refractivity contribution in [3.8, 4) is 5.75 Å². The predicted octanol–water partition coefficient (Wildman–Crippen LogP) is 2.81. The molecule has 2 aromatic carbocycles. The van der Waals surface area contributed by atoms with Gasteiger partial charge in [0, 0.05) is 17.7 Å². The van der Waals surface area contributed by atoms with Crippen LogP contribution in [0.1, 0.15) is 16.8 Å². The Morgan fingerprint density at radius 1 is 1.29 bits per heavy atom. The van der Waals surface area contributed by atoms with Crippen molar-refractivity contribution >= 4 is 33.2 Å². The zero-order chi connectivity index (χ0) is 20.3. The zero-order valence-electron chi connectivity index (χ0n) is 14.9. The Kier molecular flexibility index (Phi) is 6.19. The Morgan fingerprint density at radius 3 is 2.71 bits per heavy atom. The molecule has 0 bridgehead atoms. The van der Waals surface area contributed by atoms with Gasteiger partial charge in [-0.1, -0.05) is 11.6 Å². The number of carbonyl (C=O) groups excluding carboxylic acids is 1. The lowest BCUT2D eigenvalue weighted by molar-refractivity contribution is 0.102. The lowest BCUT2D eigenvalue weighted by Crippen LogP contribution is -2.35. The molecule has 1 fully saturated rings. The van der Waals surface area contributed by atoms with Crippen LogP contribution in [0.25, 0.3) is 0 Å². The molecule has 2 aromatic rings. The molecule has 1 aliphatic heterocycles. The van der Waals surface area contributed by atoms with E-state index in [1.54, 1.807) is 0 Å². The SMILES string of the molecule is COc1ccc(S(=O)(=O)N[C@H]2CCOC2)cc1C(=O)Nc1ccc(Cl)cc1F. The van der Waals surface area contributed by atoms with Crippen LogP contribution in [0.2, 0.25) is 5.02 Å². The van der Waals surface area contributed by atoms with E-state index in [1.165, 1.54) is 37.4 Å². The molecule has 1 aliphatic rings. The van der Waals surface area contributed by atoms with Crippen LogP contribution in [0.5, 0.6) is 5.75 Å².